The summed E-state index contributed by atoms with van der Waals surface area (Å²) < 4.78 is 5.25. The second-order valence-electron chi connectivity index (χ2n) is 5.15. The number of fused-ring (bicyclic) bond motifs is 1. The molecule has 5 nitrogen and oxygen atoms in total. The Bertz CT molecular complexity index is 283. The molecule has 2 heterocycles. The molecule has 0 saturated carbocycles. The molecule has 5 heteroatoms. The molecule has 2 rings (SSSR count). The Morgan fingerprint density at radius 1 is 1.47 bits per heavy atom. The van der Waals surface area contributed by atoms with Crippen molar-refractivity contribution in [3.8, 4) is 0 Å². The van der Waals surface area contributed by atoms with Crippen molar-refractivity contribution in [1.29, 1.82) is 0 Å². The lowest BCUT2D eigenvalue weighted by Crippen LogP contribution is -2.57. The first-order valence-electron chi connectivity index (χ1n) is 6.42. The predicted molar refractivity (Wildman–Crippen MR) is 65.6 cm³/mol. The van der Waals surface area contributed by atoms with Crippen molar-refractivity contribution in [2.75, 3.05) is 33.4 Å². The molecule has 2 fully saturated rings. The topological polar surface area (TPSA) is 58.8 Å². The van der Waals surface area contributed by atoms with Crippen LogP contribution in [0.3, 0.4) is 0 Å². The minimum absolute atomic E-state index is 0.0832. The molecule has 0 radical (unpaired) electrons. The van der Waals surface area contributed by atoms with E-state index in [1.807, 2.05) is 4.90 Å². The van der Waals surface area contributed by atoms with Gasteiger partial charge in [-0.05, 0) is 19.8 Å². The Morgan fingerprint density at radius 2 is 2.24 bits per heavy atom. The number of carbonyl (C=O) groups is 1. The molecule has 0 aromatic rings. The second kappa shape index (κ2) is 5.33. The summed E-state index contributed by atoms with van der Waals surface area (Å²) in [6, 6.07) is 0.668. The summed E-state index contributed by atoms with van der Waals surface area (Å²) >= 11 is 0. The van der Waals surface area contributed by atoms with Crippen molar-refractivity contribution in [3.63, 3.8) is 0 Å². The number of methoxy groups -OCH3 is 1. The van der Waals surface area contributed by atoms with Crippen LogP contribution in [0, 0.1) is 0 Å². The van der Waals surface area contributed by atoms with Crippen LogP contribution in [0.1, 0.15) is 19.8 Å². The first kappa shape index (κ1) is 12.8. The number of hydrogen-bond donors (Lipinski definition) is 1. The number of amides is 1. The van der Waals surface area contributed by atoms with Gasteiger partial charge in [-0.1, -0.05) is 0 Å². The summed E-state index contributed by atoms with van der Waals surface area (Å²) in [7, 11) is 1.75. The van der Waals surface area contributed by atoms with E-state index in [0.29, 0.717) is 12.1 Å². The van der Waals surface area contributed by atoms with Crippen molar-refractivity contribution >= 4 is 5.91 Å². The Morgan fingerprint density at radius 3 is 2.88 bits per heavy atom. The van der Waals surface area contributed by atoms with Gasteiger partial charge in [0.1, 0.15) is 0 Å². The van der Waals surface area contributed by atoms with Crippen LogP contribution in [-0.2, 0) is 9.53 Å². The SMILES string of the molecule is COCC1CCC2CN(C(=O)C(C)N)CCN12. The van der Waals surface area contributed by atoms with Gasteiger partial charge in [-0.15, -0.1) is 0 Å². The third-order valence-corrected chi connectivity index (χ3v) is 3.89. The molecule has 17 heavy (non-hydrogen) atoms. The molecule has 2 aliphatic heterocycles. The quantitative estimate of drug-likeness (QED) is 0.734. The van der Waals surface area contributed by atoms with Gasteiger partial charge in [0.15, 0.2) is 0 Å². The zero-order valence-corrected chi connectivity index (χ0v) is 10.8. The summed E-state index contributed by atoms with van der Waals surface area (Å²) in [6.07, 6.45) is 2.34. The molecule has 1 amide bonds. The fraction of sp³-hybridized carbons (Fsp3) is 0.917. The molecule has 3 unspecified atom stereocenters. The summed E-state index contributed by atoms with van der Waals surface area (Å²) in [5, 5.41) is 0. The minimum Gasteiger partial charge on any atom is -0.383 e. The van der Waals surface area contributed by atoms with Gasteiger partial charge in [-0.2, -0.15) is 0 Å². The molecule has 0 bridgehead atoms. The first-order chi connectivity index (χ1) is 8.13. The van der Waals surface area contributed by atoms with Crippen LogP contribution in [0.5, 0.6) is 0 Å². The molecular weight excluding hydrogens is 218 g/mol. The van der Waals surface area contributed by atoms with Crippen LogP contribution in [0.4, 0.5) is 0 Å². The Kier molecular flexibility index (Phi) is 4.01. The first-order valence-corrected chi connectivity index (χ1v) is 6.42. The zero-order chi connectivity index (χ0) is 12.4. The third kappa shape index (κ3) is 2.61. The highest BCUT2D eigenvalue weighted by molar-refractivity contribution is 5.81. The van der Waals surface area contributed by atoms with Crippen molar-refractivity contribution < 1.29 is 9.53 Å². The van der Waals surface area contributed by atoms with Gasteiger partial charge >= 0.3 is 0 Å². The van der Waals surface area contributed by atoms with E-state index < -0.39 is 0 Å². The van der Waals surface area contributed by atoms with E-state index in [1.54, 1.807) is 14.0 Å². The van der Waals surface area contributed by atoms with Gasteiger partial charge < -0.3 is 15.4 Å². The van der Waals surface area contributed by atoms with Crippen LogP contribution in [0.15, 0.2) is 0 Å². The molecule has 2 aliphatic rings. The summed E-state index contributed by atoms with van der Waals surface area (Å²) in [5.41, 5.74) is 5.65. The van der Waals surface area contributed by atoms with Gasteiger partial charge in [0.2, 0.25) is 5.91 Å². The fourth-order valence-electron chi connectivity index (χ4n) is 3.02. The maximum absolute atomic E-state index is 11.9. The Hall–Kier alpha value is -0.650. The van der Waals surface area contributed by atoms with Gasteiger partial charge in [0, 0.05) is 38.8 Å². The Labute approximate surface area is 103 Å². The normalized spacial score (nSPS) is 31.4. The number of rotatable bonds is 3. The smallest absolute Gasteiger partial charge is 0.239 e. The number of ether oxygens (including phenoxy) is 1. The minimum atomic E-state index is -0.377. The third-order valence-electron chi connectivity index (χ3n) is 3.89. The molecule has 0 aromatic carbocycles. The number of hydrogen-bond acceptors (Lipinski definition) is 4. The molecule has 2 saturated heterocycles. The number of carbonyl (C=O) groups excluding carboxylic acids is 1. The number of piperazine rings is 1. The lowest BCUT2D eigenvalue weighted by molar-refractivity contribution is -0.135. The van der Waals surface area contributed by atoms with Crippen LogP contribution >= 0.6 is 0 Å². The monoisotopic (exact) mass is 241 g/mol. The van der Waals surface area contributed by atoms with E-state index in [9.17, 15) is 4.79 Å². The van der Waals surface area contributed by atoms with Crippen LogP contribution < -0.4 is 5.73 Å². The molecule has 3 atom stereocenters. The lowest BCUT2D eigenvalue weighted by atomic mass is 10.1. The summed E-state index contributed by atoms with van der Waals surface area (Å²) in [5.74, 6) is 0.0832. The largest absolute Gasteiger partial charge is 0.383 e. The molecular formula is C12H23N3O2. The summed E-state index contributed by atoms with van der Waals surface area (Å²) in [6.45, 7) is 5.16. The van der Waals surface area contributed by atoms with Crippen molar-refractivity contribution in [2.45, 2.75) is 37.9 Å². The average molecular weight is 241 g/mol. The van der Waals surface area contributed by atoms with Crippen molar-refractivity contribution in [3.05, 3.63) is 0 Å². The lowest BCUT2D eigenvalue weighted by Gasteiger charge is -2.40. The van der Waals surface area contributed by atoms with Gasteiger partial charge in [0.25, 0.3) is 0 Å². The number of nitrogens with two attached hydrogens (primary N) is 1. The van der Waals surface area contributed by atoms with Crippen molar-refractivity contribution in [2.24, 2.45) is 5.73 Å². The van der Waals surface area contributed by atoms with E-state index in [0.717, 1.165) is 32.7 Å². The molecule has 0 aliphatic carbocycles. The van der Waals surface area contributed by atoms with Crippen LogP contribution in [-0.4, -0.2) is 67.2 Å². The predicted octanol–water partition coefficient (Wildman–Crippen LogP) is -0.345. The van der Waals surface area contributed by atoms with Crippen LogP contribution in [0.2, 0.25) is 0 Å². The molecule has 2 N–H and O–H groups in total. The van der Waals surface area contributed by atoms with Gasteiger partial charge in [-0.3, -0.25) is 9.69 Å². The van der Waals surface area contributed by atoms with Crippen molar-refractivity contribution in [1.82, 2.24) is 9.80 Å². The highest BCUT2D eigenvalue weighted by Gasteiger charge is 2.38. The highest BCUT2D eigenvalue weighted by Crippen LogP contribution is 2.27. The van der Waals surface area contributed by atoms with E-state index in [2.05, 4.69) is 4.90 Å². The highest BCUT2D eigenvalue weighted by atomic mass is 16.5. The van der Waals surface area contributed by atoms with Crippen LogP contribution in [0.25, 0.3) is 0 Å². The van der Waals surface area contributed by atoms with E-state index >= 15 is 0 Å². The van der Waals surface area contributed by atoms with Gasteiger partial charge in [-0.25, -0.2) is 0 Å². The summed E-state index contributed by atoms with van der Waals surface area (Å²) in [4.78, 5) is 16.3. The van der Waals surface area contributed by atoms with E-state index in [-0.39, 0.29) is 11.9 Å². The average Bonchev–Trinajstić information content (AvgIpc) is 2.71. The number of nitrogens with zero attached hydrogens (tertiary/aromatic N) is 2. The maximum atomic E-state index is 11.9. The molecule has 0 aromatic heterocycles. The fourth-order valence-corrected chi connectivity index (χ4v) is 3.02. The Balaban J connectivity index is 1.92. The molecule has 0 spiro atoms. The van der Waals surface area contributed by atoms with E-state index in [4.69, 9.17) is 10.5 Å². The molecule has 98 valence electrons. The standard InChI is InChI=1S/C12H23N3O2/c1-9(13)12(16)14-5-6-15-10(7-14)3-4-11(15)8-17-2/h9-11H,3-8,13H2,1-2H3. The maximum Gasteiger partial charge on any atom is 0.239 e. The van der Waals surface area contributed by atoms with E-state index in [1.165, 1.54) is 6.42 Å². The van der Waals surface area contributed by atoms with Gasteiger partial charge in [0.05, 0.1) is 12.6 Å². The zero-order valence-electron chi connectivity index (χ0n) is 10.8. The second-order valence-corrected chi connectivity index (χ2v) is 5.15.